The Morgan fingerprint density at radius 1 is 1.30 bits per heavy atom. The van der Waals surface area contributed by atoms with Crippen LogP contribution >= 0.6 is 0 Å². The molecular formula is C20H24N2O. The van der Waals surface area contributed by atoms with Crippen LogP contribution in [0.2, 0.25) is 0 Å². The molecule has 2 heterocycles. The quantitative estimate of drug-likeness (QED) is 0.865. The van der Waals surface area contributed by atoms with E-state index in [0.717, 1.165) is 44.6 Å². The van der Waals surface area contributed by atoms with Gasteiger partial charge in [0.05, 0.1) is 6.54 Å². The van der Waals surface area contributed by atoms with Crippen LogP contribution < -0.4 is 10.1 Å². The molecular weight excluding hydrogens is 284 g/mol. The number of hydrogen-bond acceptors (Lipinski definition) is 3. The first-order valence-corrected chi connectivity index (χ1v) is 8.55. The zero-order chi connectivity index (χ0) is 15.7. The van der Waals surface area contributed by atoms with E-state index in [2.05, 4.69) is 58.9 Å². The van der Waals surface area contributed by atoms with Crippen molar-refractivity contribution in [3.63, 3.8) is 0 Å². The second kappa shape index (κ2) is 5.89. The lowest BCUT2D eigenvalue weighted by molar-refractivity contribution is 0.0895. The molecule has 0 amide bonds. The van der Waals surface area contributed by atoms with Crippen molar-refractivity contribution in [2.45, 2.75) is 24.9 Å². The molecule has 1 unspecified atom stereocenters. The molecule has 1 atom stereocenters. The standard InChI is InChI=1S/C20H24N2O/c1-21-11-6-12-22-14-17-8-2-4-9-18(17)20(15-22)13-16-7-3-5-10-19(16)23-20/h2-5,7,9-10,14,21H,6,8,11-13,15H2,1H3. The second-order valence-corrected chi connectivity index (χ2v) is 6.68. The number of para-hydroxylation sites is 1. The van der Waals surface area contributed by atoms with Crippen molar-refractivity contribution >= 4 is 0 Å². The predicted octanol–water partition coefficient (Wildman–Crippen LogP) is 3.06. The molecule has 0 aromatic heterocycles. The highest BCUT2D eigenvalue weighted by molar-refractivity contribution is 5.53. The highest BCUT2D eigenvalue weighted by atomic mass is 16.5. The topological polar surface area (TPSA) is 24.5 Å². The molecule has 3 aliphatic rings. The number of rotatable bonds is 4. The fraction of sp³-hybridized carbons (Fsp3) is 0.400. The Balaban J connectivity index is 1.65. The number of nitrogens with zero attached hydrogens (tertiary/aromatic N) is 1. The van der Waals surface area contributed by atoms with Gasteiger partial charge in [-0.3, -0.25) is 0 Å². The van der Waals surface area contributed by atoms with E-state index >= 15 is 0 Å². The van der Waals surface area contributed by atoms with Crippen molar-refractivity contribution < 1.29 is 4.74 Å². The summed E-state index contributed by atoms with van der Waals surface area (Å²) in [5.41, 5.74) is 3.91. The normalized spacial score (nSPS) is 24.8. The average Bonchev–Trinajstić information content (AvgIpc) is 2.93. The Morgan fingerprint density at radius 3 is 3.09 bits per heavy atom. The van der Waals surface area contributed by atoms with E-state index in [9.17, 15) is 0 Å². The molecule has 4 rings (SSSR count). The van der Waals surface area contributed by atoms with Crippen molar-refractivity contribution in [3.05, 3.63) is 65.4 Å². The summed E-state index contributed by atoms with van der Waals surface area (Å²) in [6.07, 6.45) is 12.2. The van der Waals surface area contributed by atoms with Gasteiger partial charge in [-0.15, -0.1) is 0 Å². The van der Waals surface area contributed by atoms with Crippen LogP contribution in [0.4, 0.5) is 0 Å². The molecule has 120 valence electrons. The summed E-state index contributed by atoms with van der Waals surface area (Å²) < 4.78 is 6.54. The van der Waals surface area contributed by atoms with Gasteiger partial charge in [0, 0.05) is 24.7 Å². The molecule has 0 radical (unpaired) electrons. The molecule has 0 bridgehead atoms. The third-order valence-corrected chi connectivity index (χ3v) is 5.00. The van der Waals surface area contributed by atoms with Gasteiger partial charge in [0.25, 0.3) is 0 Å². The Morgan fingerprint density at radius 2 is 2.22 bits per heavy atom. The van der Waals surface area contributed by atoms with Gasteiger partial charge in [-0.25, -0.2) is 0 Å². The van der Waals surface area contributed by atoms with Gasteiger partial charge in [0.2, 0.25) is 0 Å². The van der Waals surface area contributed by atoms with E-state index in [-0.39, 0.29) is 5.60 Å². The summed E-state index contributed by atoms with van der Waals surface area (Å²) in [4.78, 5) is 2.45. The van der Waals surface area contributed by atoms with Crippen molar-refractivity contribution in [3.8, 4) is 5.75 Å². The van der Waals surface area contributed by atoms with Gasteiger partial charge in [-0.2, -0.15) is 0 Å². The third-order valence-electron chi connectivity index (χ3n) is 5.00. The largest absolute Gasteiger partial charge is 0.480 e. The smallest absolute Gasteiger partial charge is 0.156 e. The molecule has 1 spiro atoms. The Labute approximate surface area is 138 Å². The van der Waals surface area contributed by atoms with Gasteiger partial charge >= 0.3 is 0 Å². The Kier molecular flexibility index (Phi) is 3.74. The fourth-order valence-corrected chi connectivity index (χ4v) is 3.97. The zero-order valence-electron chi connectivity index (χ0n) is 13.7. The highest BCUT2D eigenvalue weighted by Crippen LogP contribution is 2.45. The van der Waals surface area contributed by atoms with Gasteiger partial charge in [0.15, 0.2) is 5.60 Å². The van der Waals surface area contributed by atoms with Gasteiger partial charge in [0.1, 0.15) is 5.75 Å². The van der Waals surface area contributed by atoms with Crippen LogP contribution in [0.15, 0.2) is 59.8 Å². The van der Waals surface area contributed by atoms with Crippen LogP contribution in [0, 0.1) is 0 Å². The summed E-state index contributed by atoms with van der Waals surface area (Å²) in [6, 6.07) is 8.48. The maximum Gasteiger partial charge on any atom is 0.156 e. The molecule has 0 fully saturated rings. The lowest BCUT2D eigenvalue weighted by atomic mass is 9.79. The summed E-state index contributed by atoms with van der Waals surface area (Å²) in [5, 5.41) is 3.24. The fourth-order valence-electron chi connectivity index (χ4n) is 3.97. The molecule has 0 saturated carbocycles. The molecule has 1 aromatic carbocycles. The highest BCUT2D eigenvalue weighted by Gasteiger charge is 2.46. The maximum absolute atomic E-state index is 6.54. The minimum Gasteiger partial charge on any atom is -0.480 e. The van der Waals surface area contributed by atoms with E-state index in [1.807, 2.05) is 7.05 Å². The van der Waals surface area contributed by atoms with E-state index in [4.69, 9.17) is 4.74 Å². The van der Waals surface area contributed by atoms with Crippen LogP contribution in [0.25, 0.3) is 0 Å². The van der Waals surface area contributed by atoms with Crippen LogP contribution in [0.3, 0.4) is 0 Å². The van der Waals surface area contributed by atoms with Gasteiger partial charge < -0.3 is 15.0 Å². The molecule has 0 saturated heterocycles. The van der Waals surface area contributed by atoms with Crippen LogP contribution in [-0.4, -0.2) is 37.2 Å². The Bertz CT molecular complexity index is 662. The summed E-state index contributed by atoms with van der Waals surface area (Å²) in [6.45, 7) is 3.06. The Hall–Kier alpha value is -2.00. The second-order valence-electron chi connectivity index (χ2n) is 6.68. The molecule has 2 aliphatic heterocycles. The first-order chi connectivity index (χ1) is 11.3. The summed E-state index contributed by atoms with van der Waals surface area (Å²) >= 11 is 0. The molecule has 3 heteroatoms. The minimum atomic E-state index is -0.210. The van der Waals surface area contributed by atoms with Gasteiger partial charge in [-0.05, 0) is 43.6 Å². The van der Waals surface area contributed by atoms with Crippen LogP contribution in [0.1, 0.15) is 18.4 Å². The zero-order valence-corrected chi connectivity index (χ0v) is 13.7. The summed E-state index contributed by atoms with van der Waals surface area (Å²) in [7, 11) is 2.01. The SMILES string of the molecule is CNCCCN1C=C2CC=CC=C2C2(Cc3ccccc3O2)C1. The van der Waals surface area contributed by atoms with Crippen LogP contribution in [-0.2, 0) is 6.42 Å². The lowest BCUT2D eigenvalue weighted by Crippen LogP contribution is -2.50. The molecule has 23 heavy (non-hydrogen) atoms. The number of benzene rings is 1. The molecule has 1 aliphatic carbocycles. The minimum absolute atomic E-state index is 0.210. The van der Waals surface area contributed by atoms with Crippen LogP contribution in [0.5, 0.6) is 5.75 Å². The number of allylic oxidation sites excluding steroid dienone is 3. The predicted molar refractivity (Wildman–Crippen MR) is 93.5 cm³/mol. The van der Waals surface area contributed by atoms with Gasteiger partial charge in [-0.1, -0.05) is 36.4 Å². The maximum atomic E-state index is 6.54. The first-order valence-electron chi connectivity index (χ1n) is 8.55. The van der Waals surface area contributed by atoms with Crippen molar-refractivity contribution in [1.82, 2.24) is 10.2 Å². The van der Waals surface area contributed by atoms with Crippen molar-refractivity contribution in [2.24, 2.45) is 0 Å². The monoisotopic (exact) mass is 308 g/mol. The first kappa shape index (κ1) is 14.6. The van der Waals surface area contributed by atoms with E-state index in [1.54, 1.807) is 0 Å². The average molecular weight is 308 g/mol. The number of fused-ring (bicyclic) bond motifs is 3. The number of hydrogen-bond donors (Lipinski definition) is 1. The molecule has 1 N–H and O–H groups in total. The van der Waals surface area contributed by atoms with Crippen molar-refractivity contribution in [1.29, 1.82) is 0 Å². The molecule has 3 nitrogen and oxygen atoms in total. The van der Waals surface area contributed by atoms with E-state index < -0.39 is 0 Å². The van der Waals surface area contributed by atoms with Crippen molar-refractivity contribution in [2.75, 3.05) is 26.7 Å². The van der Waals surface area contributed by atoms with E-state index in [0.29, 0.717) is 0 Å². The molecule has 1 aromatic rings. The van der Waals surface area contributed by atoms with E-state index in [1.165, 1.54) is 16.7 Å². The lowest BCUT2D eigenvalue weighted by Gasteiger charge is -2.42. The summed E-state index contributed by atoms with van der Waals surface area (Å²) in [5.74, 6) is 1.05. The number of nitrogens with one attached hydrogen (secondary N) is 1. The number of ether oxygens (including phenoxy) is 1. The third kappa shape index (κ3) is 2.59.